The van der Waals surface area contributed by atoms with Crippen molar-refractivity contribution >= 4 is 11.9 Å². The Kier molecular flexibility index (Phi) is 7.02. The first-order chi connectivity index (χ1) is 11.7. The van der Waals surface area contributed by atoms with Crippen molar-refractivity contribution < 1.29 is 19.1 Å². The predicted molar refractivity (Wildman–Crippen MR) is 92.1 cm³/mol. The summed E-state index contributed by atoms with van der Waals surface area (Å²) in [4.78, 5) is 24.4. The average Bonchev–Trinajstić information content (AvgIpc) is 2.62. The van der Waals surface area contributed by atoms with Crippen molar-refractivity contribution in [3.05, 3.63) is 71.3 Å². The number of carbonyl (C=O) groups excluding carboxylic acids is 2. The molecular formula is C20H22O4. The second-order valence-electron chi connectivity index (χ2n) is 5.41. The molecule has 0 saturated carbocycles. The van der Waals surface area contributed by atoms with Gasteiger partial charge in [-0.15, -0.1) is 0 Å². The molecule has 0 atom stereocenters. The molecule has 0 aliphatic carbocycles. The molecule has 0 bridgehead atoms. The van der Waals surface area contributed by atoms with Gasteiger partial charge in [0.25, 0.3) is 0 Å². The largest absolute Gasteiger partial charge is 0.462 e. The zero-order valence-electron chi connectivity index (χ0n) is 13.9. The summed E-state index contributed by atoms with van der Waals surface area (Å²) in [6.07, 6.45) is 2.38. The average molecular weight is 326 g/mol. The number of esters is 2. The number of hydrogen-bond acceptors (Lipinski definition) is 4. The fourth-order valence-electron chi connectivity index (χ4n) is 2.21. The van der Waals surface area contributed by atoms with Crippen LogP contribution in [0.25, 0.3) is 0 Å². The van der Waals surface area contributed by atoms with Crippen LogP contribution < -0.4 is 0 Å². The number of benzene rings is 2. The summed E-state index contributed by atoms with van der Waals surface area (Å²) in [6, 6.07) is 16.4. The van der Waals surface area contributed by atoms with Crippen LogP contribution in [0, 0.1) is 0 Å². The Morgan fingerprint density at radius 1 is 0.792 bits per heavy atom. The zero-order chi connectivity index (χ0) is 17.2. The predicted octanol–water partition coefficient (Wildman–Crippen LogP) is 4.04. The first-order valence-electron chi connectivity index (χ1n) is 8.19. The topological polar surface area (TPSA) is 52.6 Å². The fourth-order valence-corrected chi connectivity index (χ4v) is 2.21. The molecular weight excluding hydrogens is 304 g/mol. The van der Waals surface area contributed by atoms with Crippen molar-refractivity contribution in [3.63, 3.8) is 0 Å². The molecule has 0 spiro atoms. The van der Waals surface area contributed by atoms with E-state index >= 15 is 0 Å². The number of rotatable bonds is 8. The molecule has 0 aliphatic heterocycles. The van der Waals surface area contributed by atoms with E-state index in [0.717, 1.165) is 18.4 Å². The second-order valence-corrected chi connectivity index (χ2v) is 5.41. The van der Waals surface area contributed by atoms with Gasteiger partial charge < -0.3 is 9.47 Å². The van der Waals surface area contributed by atoms with Gasteiger partial charge in [-0.25, -0.2) is 9.59 Å². The van der Waals surface area contributed by atoms with Gasteiger partial charge in [0.1, 0.15) is 0 Å². The molecule has 0 heterocycles. The summed E-state index contributed by atoms with van der Waals surface area (Å²) in [6.45, 7) is 2.64. The van der Waals surface area contributed by atoms with Crippen molar-refractivity contribution in [2.75, 3.05) is 13.2 Å². The molecule has 2 aromatic rings. The Bertz CT molecular complexity index is 664. The van der Waals surface area contributed by atoms with Gasteiger partial charge in [0, 0.05) is 6.42 Å². The van der Waals surface area contributed by atoms with Crippen molar-refractivity contribution in [2.45, 2.75) is 26.2 Å². The molecule has 0 N–H and O–H groups in total. The van der Waals surface area contributed by atoms with Gasteiger partial charge in [-0.2, -0.15) is 0 Å². The third-order valence-electron chi connectivity index (χ3n) is 3.56. The standard InChI is InChI=1S/C20H22O4/c1-2-3-14-23-19(21)17-11-7-8-12-18(17)20(22)24-15-13-16-9-5-4-6-10-16/h4-12H,2-3,13-15H2,1H3. The van der Waals surface area contributed by atoms with Crippen LogP contribution in [0.15, 0.2) is 54.6 Å². The fraction of sp³-hybridized carbons (Fsp3) is 0.300. The molecule has 0 aliphatic rings. The minimum absolute atomic E-state index is 0.243. The zero-order valence-corrected chi connectivity index (χ0v) is 13.9. The Labute approximate surface area is 142 Å². The lowest BCUT2D eigenvalue weighted by Gasteiger charge is -2.09. The van der Waals surface area contributed by atoms with Gasteiger partial charge in [0.2, 0.25) is 0 Å². The highest BCUT2D eigenvalue weighted by molar-refractivity contribution is 6.03. The highest BCUT2D eigenvalue weighted by atomic mass is 16.5. The maximum Gasteiger partial charge on any atom is 0.339 e. The van der Waals surface area contributed by atoms with E-state index in [9.17, 15) is 9.59 Å². The van der Waals surface area contributed by atoms with Gasteiger partial charge in [-0.3, -0.25) is 0 Å². The van der Waals surface area contributed by atoms with Crippen molar-refractivity contribution in [3.8, 4) is 0 Å². The molecule has 0 amide bonds. The molecule has 2 rings (SSSR count). The number of carbonyl (C=O) groups is 2. The maximum absolute atomic E-state index is 12.3. The number of ether oxygens (including phenoxy) is 2. The van der Waals surface area contributed by atoms with Crippen LogP contribution in [0.3, 0.4) is 0 Å². The summed E-state index contributed by atoms with van der Waals surface area (Å²) >= 11 is 0. The molecule has 0 radical (unpaired) electrons. The van der Waals surface area contributed by atoms with Crippen LogP contribution in [0.2, 0.25) is 0 Å². The lowest BCUT2D eigenvalue weighted by molar-refractivity contribution is 0.0457. The molecule has 4 nitrogen and oxygen atoms in total. The summed E-state index contributed by atoms with van der Waals surface area (Å²) in [5.41, 5.74) is 1.59. The summed E-state index contributed by atoms with van der Waals surface area (Å²) < 4.78 is 10.5. The highest BCUT2D eigenvalue weighted by Gasteiger charge is 2.18. The van der Waals surface area contributed by atoms with Gasteiger partial charge in [-0.1, -0.05) is 55.8 Å². The van der Waals surface area contributed by atoms with E-state index in [1.165, 1.54) is 0 Å². The highest BCUT2D eigenvalue weighted by Crippen LogP contribution is 2.13. The monoisotopic (exact) mass is 326 g/mol. The van der Waals surface area contributed by atoms with Gasteiger partial charge in [0.15, 0.2) is 0 Å². The van der Waals surface area contributed by atoms with Gasteiger partial charge >= 0.3 is 11.9 Å². The first kappa shape index (κ1) is 17.7. The third kappa shape index (κ3) is 5.23. The van der Waals surface area contributed by atoms with E-state index in [0.29, 0.717) is 13.0 Å². The van der Waals surface area contributed by atoms with Gasteiger partial charge in [0.05, 0.1) is 24.3 Å². The molecule has 4 heteroatoms. The van der Waals surface area contributed by atoms with Gasteiger partial charge in [-0.05, 0) is 24.1 Å². The lowest BCUT2D eigenvalue weighted by atomic mass is 10.1. The summed E-state index contributed by atoms with van der Waals surface area (Å²) in [5, 5.41) is 0. The minimum Gasteiger partial charge on any atom is -0.462 e. The number of hydrogen-bond donors (Lipinski definition) is 0. The normalized spacial score (nSPS) is 10.2. The van der Waals surface area contributed by atoms with Crippen molar-refractivity contribution in [2.24, 2.45) is 0 Å². The van der Waals surface area contributed by atoms with E-state index in [1.807, 2.05) is 37.3 Å². The van der Waals surface area contributed by atoms with E-state index in [2.05, 4.69) is 0 Å². The first-order valence-corrected chi connectivity index (χ1v) is 8.19. The van der Waals surface area contributed by atoms with Crippen molar-refractivity contribution in [1.82, 2.24) is 0 Å². The van der Waals surface area contributed by atoms with Crippen LogP contribution in [0.4, 0.5) is 0 Å². The summed E-state index contributed by atoms with van der Waals surface area (Å²) in [5.74, 6) is -0.993. The molecule has 24 heavy (non-hydrogen) atoms. The maximum atomic E-state index is 12.3. The van der Waals surface area contributed by atoms with Crippen LogP contribution in [0.1, 0.15) is 46.0 Å². The van der Waals surface area contributed by atoms with Crippen molar-refractivity contribution in [1.29, 1.82) is 0 Å². The van der Waals surface area contributed by atoms with Crippen LogP contribution in [-0.4, -0.2) is 25.2 Å². The molecule has 126 valence electrons. The summed E-state index contributed by atoms with van der Waals surface area (Å²) in [7, 11) is 0. The molecule has 0 saturated heterocycles. The Morgan fingerprint density at radius 2 is 1.33 bits per heavy atom. The second kappa shape index (κ2) is 9.50. The SMILES string of the molecule is CCCCOC(=O)c1ccccc1C(=O)OCCc1ccccc1. The minimum atomic E-state index is -0.506. The quantitative estimate of drug-likeness (QED) is 0.542. The Balaban J connectivity index is 1.95. The molecule has 2 aromatic carbocycles. The van der Waals surface area contributed by atoms with E-state index in [4.69, 9.17) is 9.47 Å². The number of unbranched alkanes of at least 4 members (excludes halogenated alkanes) is 1. The Hall–Kier alpha value is -2.62. The lowest BCUT2D eigenvalue weighted by Crippen LogP contribution is -2.15. The van der Waals surface area contributed by atoms with E-state index < -0.39 is 11.9 Å². The van der Waals surface area contributed by atoms with E-state index in [-0.39, 0.29) is 17.7 Å². The van der Waals surface area contributed by atoms with Crippen LogP contribution in [0.5, 0.6) is 0 Å². The molecule has 0 unspecified atom stereocenters. The third-order valence-corrected chi connectivity index (χ3v) is 3.56. The molecule has 0 fully saturated rings. The van der Waals surface area contributed by atoms with E-state index in [1.54, 1.807) is 24.3 Å². The molecule has 0 aromatic heterocycles. The van der Waals surface area contributed by atoms with Crippen LogP contribution in [-0.2, 0) is 15.9 Å². The Morgan fingerprint density at radius 3 is 1.92 bits per heavy atom. The smallest absolute Gasteiger partial charge is 0.339 e. The van der Waals surface area contributed by atoms with Crippen LogP contribution >= 0.6 is 0 Å².